The fourth-order valence-electron chi connectivity index (χ4n) is 0. The Hall–Kier alpha value is 1.06. The quantitative estimate of drug-likeness (QED) is 0.648. The minimum atomic E-state index is -1.61. The molecule has 0 atom stereocenters. The van der Waals surface area contributed by atoms with Gasteiger partial charge in [-0.25, -0.2) is 0 Å². The van der Waals surface area contributed by atoms with Crippen LogP contribution >= 0.6 is 0 Å². The topological polar surface area (TPSA) is 20.2 Å². The molecule has 0 aromatic carbocycles. The molecule has 40 valence electrons. The van der Waals surface area contributed by atoms with Crippen LogP contribution in [0.4, 0.5) is 0 Å². The van der Waals surface area contributed by atoms with Crippen LogP contribution in [0.1, 0.15) is 0 Å². The van der Waals surface area contributed by atoms with E-state index in [1.807, 2.05) is 19.6 Å². The Morgan fingerprint density at radius 1 is 1.17 bits per heavy atom. The van der Waals surface area contributed by atoms with E-state index in [-0.39, 0.29) is 26.2 Å². The van der Waals surface area contributed by atoms with Gasteiger partial charge >= 0.3 is 26.2 Å². The molecule has 0 aromatic rings. The molecule has 0 saturated heterocycles. The first-order valence-electron chi connectivity index (χ1n) is 1.72. The van der Waals surface area contributed by atoms with Crippen molar-refractivity contribution < 1.29 is 31.0 Å². The van der Waals surface area contributed by atoms with Gasteiger partial charge in [0, 0.05) is 0 Å². The van der Waals surface area contributed by atoms with Crippen molar-refractivity contribution in [1.82, 2.24) is 0 Å². The van der Waals surface area contributed by atoms with E-state index in [2.05, 4.69) is 0 Å². The number of hydrogen-bond acceptors (Lipinski definition) is 1. The molecular weight excluding hydrogens is 290 g/mol. The Bertz CT molecular complexity index is 26.3. The molecule has 0 aromatic heterocycles. The zero-order chi connectivity index (χ0) is 4.50. The normalized spacial score (nSPS) is 10.0. The molecule has 0 unspecified atom stereocenters. The van der Waals surface area contributed by atoms with Crippen LogP contribution in [0.5, 0.6) is 0 Å². The van der Waals surface area contributed by atoms with Crippen LogP contribution in [0.25, 0.3) is 0 Å². The van der Waals surface area contributed by atoms with Crippen molar-refractivity contribution >= 4 is 8.32 Å². The average Bonchev–Trinajstić information content (AvgIpc) is 0.722. The summed E-state index contributed by atoms with van der Waals surface area (Å²) < 4.78 is 0. The van der Waals surface area contributed by atoms with Gasteiger partial charge in [0.1, 0.15) is 0 Å². The first-order valence-corrected chi connectivity index (χ1v) is 5.17. The molecule has 0 amide bonds. The molecule has 0 rings (SSSR count). The molecule has 1 N–H and O–H groups in total. The van der Waals surface area contributed by atoms with Gasteiger partial charge in [0.25, 0.3) is 0 Å². The molecule has 3 heteroatoms. The summed E-state index contributed by atoms with van der Waals surface area (Å²) in [5.74, 6) is 0. The maximum atomic E-state index is 8.66. The van der Waals surface area contributed by atoms with E-state index in [1.165, 1.54) is 0 Å². The van der Waals surface area contributed by atoms with Gasteiger partial charge in [-0.1, -0.05) is 0 Å². The molecular formula is C3H11AtOSi. The van der Waals surface area contributed by atoms with Crippen LogP contribution in [-0.4, -0.2) is 13.1 Å². The SMILES string of the molecule is C[Si](C)(C)O.[AtH]. The van der Waals surface area contributed by atoms with Gasteiger partial charge in [-0.05, 0) is 19.6 Å². The van der Waals surface area contributed by atoms with Crippen molar-refractivity contribution in [2.24, 2.45) is 0 Å². The second-order valence-electron chi connectivity index (χ2n) is 2.17. The zero-order valence-corrected chi connectivity index (χ0v) is 8.53. The predicted octanol–water partition coefficient (Wildman–Crippen LogP) is 0.546. The molecule has 0 bridgehead atoms. The van der Waals surface area contributed by atoms with E-state index in [0.717, 1.165) is 0 Å². The van der Waals surface area contributed by atoms with Crippen molar-refractivity contribution in [2.45, 2.75) is 19.6 Å². The summed E-state index contributed by atoms with van der Waals surface area (Å²) in [6, 6.07) is 0. The van der Waals surface area contributed by atoms with E-state index in [9.17, 15) is 0 Å². The van der Waals surface area contributed by atoms with Crippen molar-refractivity contribution in [3.05, 3.63) is 0 Å². The van der Waals surface area contributed by atoms with Crippen LogP contribution in [0.2, 0.25) is 19.6 Å². The average molecular weight is 301 g/mol. The van der Waals surface area contributed by atoms with Crippen LogP contribution in [0.15, 0.2) is 0 Å². The van der Waals surface area contributed by atoms with E-state index in [0.29, 0.717) is 0 Å². The van der Waals surface area contributed by atoms with Crippen LogP contribution in [0, 0.1) is 26.2 Å². The molecule has 0 heterocycles. The molecule has 0 aliphatic rings. The summed E-state index contributed by atoms with van der Waals surface area (Å²) in [6.07, 6.45) is 0. The molecule has 0 aliphatic carbocycles. The van der Waals surface area contributed by atoms with Gasteiger partial charge < -0.3 is 4.80 Å². The Balaban J connectivity index is 0. The molecule has 0 fully saturated rings. The minimum absolute atomic E-state index is 0. The van der Waals surface area contributed by atoms with Crippen molar-refractivity contribution in [3.63, 3.8) is 0 Å². The van der Waals surface area contributed by atoms with E-state index < -0.39 is 8.32 Å². The van der Waals surface area contributed by atoms with Gasteiger partial charge in [0.05, 0.1) is 0 Å². The Morgan fingerprint density at radius 3 is 1.17 bits per heavy atom. The van der Waals surface area contributed by atoms with Crippen molar-refractivity contribution in [3.8, 4) is 0 Å². The predicted molar refractivity (Wildman–Crippen MR) is 27.0 cm³/mol. The van der Waals surface area contributed by atoms with Gasteiger partial charge in [-0.3, -0.25) is 0 Å². The zero-order valence-electron chi connectivity index (χ0n) is 4.36. The molecule has 0 aliphatic heterocycles. The monoisotopic (exact) mass is 301 g/mol. The molecule has 0 spiro atoms. The Kier molecular flexibility index (Phi) is 5.25. The molecule has 0 radical (unpaired) electrons. The Morgan fingerprint density at radius 2 is 1.17 bits per heavy atom. The summed E-state index contributed by atoms with van der Waals surface area (Å²) >= 11 is 0. The summed E-state index contributed by atoms with van der Waals surface area (Å²) in [5, 5.41) is 0. The third-order valence-electron chi connectivity index (χ3n) is 0. The third-order valence-corrected chi connectivity index (χ3v) is 0. The maximum absolute atomic E-state index is 8.66. The number of hydrogen-bond donors (Lipinski definition) is 1. The van der Waals surface area contributed by atoms with Gasteiger partial charge in [0.15, 0.2) is 8.32 Å². The van der Waals surface area contributed by atoms with Crippen LogP contribution in [-0.2, 0) is 0 Å². The first-order chi connectivity index (χ1) is 2.00. The van der Waals surface area contributed by atoms with Crippen molar-refractivity contribution in [2.75, 3.05) is 0 Å². The second kappa shape index (κ2) is 3.11. The van der Waals surface area contributed by atoms with Gasteiger partial charge in [-0.2, -0.15) is 0 Å². The van der Waals surface area contributed by atoms with E-state index in [4.69, 9.17) is 4.80 Å². The van der Waals surface area contributed by atoms with Gasteiger partial charge in [0.2, 0.25) is 0 Å². The van der Waals surface area contributed by atoms with Gasteiger partial charge in [-0.15, -0.1) is 0 Å². The Labute approximate surface area is 59.0 Å². The van der Waals surface area contributed by atoms with Crippen LogP contribution in [0.3, 0.4) is 0 Å². The standard InChI is InChI=1S/C3H10OSi.AtH/c1-5(2,3)4;/h4H,1-3H3;1H. The van der Waals surface area contributed by atoms with Crippen LogP contribution < -0.4 is 0 Å². The molecule has 1 nitrogen and oxygen atoms in total. The third kappa shape index (κ3) is 74.2. The fraction of sp³-hybridized carbons (Fsp3) is 1.00. The summed E-state index contributed by atoms with van der Waals surface area (Å²) in [4.78, 5) is 8.66. The second-order valence-corrected chi connectivity index (χ2v) is 6.51. The summed E-state index contributed by atoms with van der Waals surface area (Å²) in [5.41, 5.74) is 0. The first kappa shape index (κ1) is 10.1. The summed E-state index contributed by atoms with van der Waals surface area (Å²) in [6.45, 7) is 5.65. The molecule has 0 saturated carbocycles. The van der Waals surface area contributed by atoms with E-state index >= 15 is 0 Å². The fourth-order valence-corrected chi connectivity index (χ4v) is 0. The summed E-state index contributed by atoms with van der Waals surface area (Å²) in [7, 11) is -1.61. The van der Waals surface area contributed by atoms with Crippen molar-refractivity contribution in [1.29, 1.82) is 0 Å². The van der Waals surface area contributed by atoms with E-state index in [1.54, 1.807) is 0 Å². The number of rotatable bonds is 0. The molecule has 6 heavy (non-hydrogen) atoms.